The first-order valence-corrected chi connectivity index (χ1v) is 7.97. The minimum absolute atomic E-state index is 0. The molecule has 0 unspecified atom stereocenters. The van der Waals surface area contributed by atoms with Crippen LogP contribution in [0.3, 0.4) is 0 Å². The van der Waals surface area contributed by atoms with Gasteiger partial charge in [0.15, 0.2) is 5.75 Å². The molecule has 0 bridgehead atoms. The van der Waals surface area contributed by atoms with E-state index in [4.69, 9.17) is 27.9 Å². The monoisotopic (exact) mass is 388 g/mol. The normalized spacial score (nSPS) is 9.96. The molecule has 0 aromatic heterocycles. The average molecular weight is 390 g/mol. The molecular formula is C17H19Cl3N2O2. The molecule has 0 aliphatic carbocycles. The van der Waals surface area contributed by atoms with Crippen molar-refractivity contribution < 1.29 is 9.53 Å². The number of halogens is 3. The number of aryl methyl sites for hydroxylation is 1. The Kier molecular flexibility index (Phi) is 8.93. The number of carbonyl (C=O) groups excluding carboxylic acids is 1. The molecule has 0 saturated carbocycles. The third-order valence-electron chi connectivity index (χ3n) is 3.28. The fourth-order valence-corrected chi connectivity index (χ4v) is 2.77. The Labute approximate surface area is 157 Å². The van der Waals surface area contributed by atoms with Crippen LogP contribution in [0.1, 0.15) is 22.3 Å². The second kappa shape index (κ2) is 10.4. The summed E-state index contributed by atoms with van der Waals surface area (Å²) in [6.07, 6.45) is 1.86. The third-order valence-corrected chi connectivity index (χ3v) is 3.84. The maximum absolute atomic E-state index is 12.1. The van der Waals surface area contributed by atoms with Gasteiger partial charge in [0, 0.05) is 12.1 Å². The number of carbonyl (C=O) groups is 1. The second-order valence-corrected chi connectivity index (χ2v) is 5.76. The van der Waals surface area contributed by atoms with E-state index in [9.17, 15) is 4.79 Å². The van der Waals surface area contributed by atoms with Gasteiger partial charge in [-0.2, -0.15) is 0 Å². The van der Waals surface area contributed by atoms with Crippen molar-refractivity contribution in [3.05, 3.63) is 63.6 Å². The Balaban J connectivity index is 0.00000288. The Morgan fingerprint density at radius 3 is 2.33 bits per heavy atom. The molecule has 0 spiro atoms. The standard InChI is InChI=1S/C17H18Cl2N2O2.ClH/c1-23-16-14(18)10-13(11-15(16)19)17(22)21-20-9-5-8-12-6-3-2-4-7-12;/h2-4,6-7,10-11,20H,5,8-9H2,1H3,(H,21,22);1H. The third kappa shape index (κ3) is 5.87. The van der Waals surface area contributed by atoms with Gasteiger partial charge in [-0.25, -0.2) is 5.43 Å². The van der Waals surface area contributed by atoms with Gasteiger partial charge in [-0.3, -0.25) is 10.2 Å². The number of hydrogen-bond acceptors (Lipinski definition) is 3. The summed E-state index contributed by atoms with van der Waals surface area (Å²) in [5, 5.41) is 0.600. The summed E-state index contributed by atoms with van der Waals surface area (Å²) in [4.78, 5) is 12.1. The molecule has 2 aromatic carbocycles. The Hall–Kier alpha value is -1.46. The van der Waals surface area contributed by atoms with Crippen LogP contribution in [0.15, 0.2) is 42.5 Å². The predicted octanol–water partition coefficient (Wildman–Crippen LogP) is 4.29. The molecule has 0 atom stereocenters. The van der Waals surface area contributed by atoms with Gasteiger partial charge >= 0.3 is 0 Å². The van der Waals surface area contributed by atoms with Gasteiger partial charge in [0.2, 0.25) is 0 Å². The number of nitrogens with one attached hydrogen (secondary N) is 2. The van der Waals surface area contributed by atoms with Crippen LogP contribution in [0.4, 0.5) is 0 Å². The van der Waals surface area contributed by atoms with Crippen molar-refractivity contribution in [2.75, 3.05) is 13.7 Å². The van der Waals surface area contributed by atoms with Crippen LogP contribution in [0.2, 0.25) is 10.0 Å². The molecule has 0 saturated heterocycles. The number of methoxy groups -OCH3 is 1. The van der Waals surface area contributed by atoms with Crippen molar-refractivity contribution in [1.82, 2.24) is 10.9 Å². The van der Waals surface area contributed by atoms with Crippen molar-refractivity contribution >= 4 is 41.5 Å². The number of amides is 1. The molecule has 130 valence electrons. The van der Waals surface area contributed by atoms with Crippen molar-refractivity contribution in [2.45, 2.75) is 12.8 Å². The Morgan fingerprint density at radius 1 is 1.12 bits per heavy atom. The first kappa shape index (κ1) is 20.6. The molecule has 2 N–H and O–H groups in total. The van der Waals surface area contributed by atoms with Crippen molar-refractivity contribution in [1.29, 1.82) is 0 Å². The lowest BCUT2D eigenvalue weighted by Crippen LogP contribution is -2.38. The van der Waals surface area contributed by atoms with Gasteiger partial charge in [0.1, 0.15) is 0 Å². The number of hydrazine groups is 1. The zero-order valence-corrected chi connectivity index (χ0v) is 15.5. The average Bonchev–Trinajstić information content (AvgIpc) is 2.55. The molecular weight excluding hydrogens is 371 g/mol. The van der Waals surface area contributed by atoms with Crippen LogP contribution in [0, 0.1) is 0 Å². The van der Waals surface area contributed by atoms with E-state index in [2.05, 4.69) is 23.0 Å². The maximum Gasteiger partial charge on any atom is 0.265 e. The summed E-state index contributed by atoms with van der Waals surface area (Å²) in [7, 11) is 1.47. The molecule has 24 heavy (non-hydrogen) atoms. The Morgan fingerprint density at radius 2 is 1.75 bits per heavy atom. The number of rotatable bonds is 7. The highest BCUT2D eigenvalue weighted by molar-refractivity contribution is 6.37. The minimum Gasteiger partial charge on any atom is -0.494 e. The van der Waals surface area contributed by atoms with E-state index < -0.39 is 0 Å². The van der Waals surface area contributed by atoms with Crippen LogP contribution < -0.4 is 15.6 Å². The number of hydrogen-bond donors (Lipinski definition) is 2. The zero-order chi connectivity index (χ0) is 16.7. The summed E-state index contributed by atoms with van der Waals surface area (Å²) in [5.74, 6) is 0.0665. The van der Waals surface area contributed by atoms with E-state index in [0.717, 1.165) is 12.8 Å². The lowest BCUT2D eigenvalue weighted by Gasteiger charge is -2.10. The molecule has 0 fully saturated rings. The number of benzene rings is 2. The lowest BCUT2D eigenvalue weighted by atomic mass is 10.1. The van der Waals surface area contributed by atoms with Crippen LogP contribution in [-0.2, 0) is 6.42 Å². The topological polar surface area (TPSA) is 50.4 Å². The molecule has 4 nitrogen and oxygen atoms in total. The second-order valence-electron chi connectivity index (χ2n) is 4.94. The van der Waals surface area contributed by atoms with Gasteiger partial charge in [0.05, 0.1) is 17.2 Å². The fourth-order valence-electron chi connectivity index (χ4n) is 2.13. The highest BCUT2D eigenvalue weighted by Crippen LogP contribution is 2.33. The van der Waals surface area contributed by atoms with Crippen molar-refractivity contribution in [2.24, 2.45) is 0 Å². The molecule has 2 rings (SSSR count). The molecule has 7 heteroatoms. The molecule has 0 radical (unpaired) electrons. The molecule has 1 amide bonds. The van der Waals surface area contributed by atoms with Crippen LogP contribution in [-0.4, -0.2) is 19.6 Å². The SMILES string of the molecule is COc1c(Cl)cc(C(=O)NNCCCc2ccccc2)cc1Cl.Cl. The molecule has 0 aliphatic rings. The molecule has 0 aliphatic heterocycles. The van der Waals surface area contributed by atoms with E-state index >= 15 is 0 Å². The van der Waals surface area contributed by atoms with Crippen molar-refractivity contribution in [3.63, 3.8) is 0 Å². The van der Waals surface area contributed by atoms with Gasteiger partial charge in [-0.05, 0) is 30.5 Å². The first-order valence-electron chi connectivity index (χ1n) is 7.22. The maximum atomic E-state index is 12.1. The van der Waals surface area contributed by atoms with Crippen LogP contribution >= 0.6 is 35.6 Å². The Bertz CT molecular complexity index is 643. The highest BCUT2D eigenvalue weighted by atomic mass is 35.5. The van der Waals surface area contributed by atoms with Gasteiger partial charge < -0.3 is 4.74 Å². The number of ether oxygens (including phenoxy) is 1. The summed E-state index contributed by atoms with van der Waals surface area (Å²) in [6, 6.07) is 13.2. The minimum atomic E-state index is -0.295. The predicted molar refractivity (Wildman–Crippen MR) is 100 cm³/mol. The first-order chi connectivity index (χ1) is 11.1. The van der Waals surface area contributed by atoms with E-state index in [1.54, 1.807) is 0 Å². The van der Waals surface area contributed by atoms with Gasteiger partial charge in [0.25, 0.3) is 5.91 Å². The fraction of sp³-hybridized carbons (Fsp3) is 0.235. The summed E-state index contributed by atoms with van der Waals surface area (Å²) in [5.41, 5.74) is 7.18. The summed E-state index contributed by atoms with van der Waals surface area (Å²) in [6.45, 7) is 0.665. The smallest absolute Gasteiger partial charge is 0.265 e. The lowest BCUT2D eigenvalue weighted by molar-refractivity contribution is 0.0933. The summed E-state index contributed by atoms with van der Waals surface area (Å²) >= 11 is 12.0. The van der Waals surface area contributed by atoms with Gasteiger partial charge in [-0.15, -0.1) is 12.4 Å². The molecule has 0 heterocycles. The highest BCUT2D eigenvalue weighted by Gasteiger charge is 2.13. The van der Waals surface area contributed by atoms with E-state index in [1.165, 1.54) is 24.8 Å². The van der Waals surface area contributed by atoms with E-state index in [-0.39, 0.29) is 18.3 Å². The summed E-state index contributed by atoms with van der Waals surface area (Å²) < 4.78 is 5.05. The van der Waals surface area contributed by atoms with E-state index in [1.807, 2.05) is 18.2 Å². The quantitative estimate of drug-likeness (QED) is 0.548. The molecule has 2 aromatic rings. The van der Waals surface area contributed by atoms with Gasteiger partial charge in [-0.1, -0.05) is 53.5 Å². The largest absolute Gasteiger partial charge is 0.494 e. The van der Waals surface area contributed by atoms with Crippen molar-refractivity contribution in [3.8, 4) is 5.75 Å². The van der Waals surface area contributed by atoms with Crippen LogP contribution in [0.5, 0.6) is 5.75 Å². The van der Waals surface area contributed by atoms with E-state index in [0.29, 0.717) is 27.9 Å². The zero-order valence-electron chi connectivity index (χ0n) is 13.1. The van der Waals surface area contributed by atoms with Crippen LogP contribution in [0.25, 0.3) is 0 Å².